The highest BCUT2D eigenvalue weighted by Crippen LogP contribution is 2.33. The van der Waals surface area contributed by atoms with Gasteiger partial charge < -0.3 is 19.7 Å². The van der Waals surface area contributed by atoms with Crippen LogP contribution in [-0.4, -0.2) is 64.2 Å². The first kappa shape index (κ1) is 37.3. The van der Waals surface area contributed by atoms with Gasteiger partial charge in [-0.15, -0.1) is 11.8 Å². The summed E-state index contributed by atoms with van der Waals surface area (Å²) in [5, 5.41) is 3.01. The number of nitrogens with zero attached hydrogens (tertiary/aromatic N) is 2. The summed E-state index contributed by atoms with van der Waals surface area (Å²) in [5.41, 5.74) is 1.81. The number of carbonyl (C=O) groups is 2. The molecule has 0 aromatic heterocycles. The van der Waals surface area contributed by atoms with Crippen molar-refractivity contribution < 1.29 is 27.5 Å². The van der Waals surface area contributed by atoms with Gasteiger partial charge in [0.15, 0.2) is 0 Å². The molecule has 4 aromatic carbocycles. The third-order valence-corrected chi connectivity index (χ3v) is 10.5. The van der Waals surface area contributed by atoms with E-state index in [4.69, 9.17) is 9.47 Å². The molecule has 0 aliphatic carbocycles. The van der Waals surface area contributed by atoms with Gasteiger partial charge in [-0.1, -0.05) is 67.9 Å². The highest BCUT2D eigenvalue weighted by atomic mass is 32.2. The number of para-hydroxylation sites is 2. The summed E-state index contributed by atoms with van der Waals surface area (Å²) in [7, 11) is -2.72. The van der Waals surface area contributed by atoms with Crippen molar-refractivity contribution in [3.05, 3.63) is 114 Å². The Morgan fingerprint density at radius 3 is 2.24 bits per heavy atom. The number of unbranched alkanes of at least 4 members (excludes halogenated alkanes) is 1. The molecule has 0 saturated carbocycles. The Labute approximate surface area is 294 Å². The highest BCUT2D eigenvalue weighted by molar-refractivity contribution is 7.98. The van der Waals surface area contributed by atoms with E-state index in [0.29, 0.717) is 24.7 Å². The van der Waals surface area contributed by atoms with Gasteiger partial charge >= 0.3 is 0 Å². The van der Waals surface area contributed by atoms with Crippen LogP contribution in [0.1, 0.15) is 37.8 Å². The minimum absolute atomic E-state index is 0.0295. The number of hydrogen-bond donors (Lipinski definition) is 1. The molecule has 0 bridgehead atoms. The molecule has 4 aromatic rings. The largest absolute Gasteiger partial charge is 0.497 e. The molecule has 0 aliphatic rings. The Kier molecular flexibility index (Phi) is 14.0. The molecule has 1 N–H and O–H groups in total. The second-order valence-electron chi connectivity index (χ2n) is 11.3. The maximum atomic E-state index is 14.8. The van der Waals surface area contributed by atoms with Crippen molar-refractivity contribution in [3.63, 3.8) is 0 Å². The van der Waals surface area contributed by atoms with Crippen LogP contribution in [0.3, 0.4) is 0 Å². The zero-order valence-electron chi connectivity index (χ0n) is 28.5. The predicted molar refractivity (Wildman–Crippen MR) is 196 cm³/mol. The predicted octanol–water partition coefficient (Wildman–Crippen LogP) is 6.57. The SMILES string of the molecule is CCCCNC(=O)[C@H](Cc1ccccc1)N(Cc1cccc(OC)c1)C(=O)CN(c1ccccc1OCC)S(=O)(=O)c1ccc(SC)cc1. The minimum Gasteiger partial charge on any atom is -0.497 e. The van der Waals surface area contributed by atoms with Gasteiger partial charge in [0.2, 0.25) is 11.8 Å². The molecule has 0 saturated heterocycles. The summed E-state index contributed by atoms with van der Waals surface area (Å²) in [6.45, 7) is 4.06. The molecule has 0 radical (unpaired) electrons. The van der Waals surface area contributed by atoms with E-state index in [9.17, 15) is 18.0 Å². The monoisotopic (exact) mass is 703 g/mol. The first-order chi connectivity index (χ1) is 23.7. The molecule has 49 heavy (non-hydrogen) atoms. The topological polar surface area (TPSA) is 105 Å². The molecule has 0 fully saturated rings. The van der Waals surface area contributed by atoms with Crippen LogP contribution in [0.15, 0.2) is 113 Å². The zero-order valence-corrected chi connectivity index (χ0v) is 30.1. The average molecular weight is 704 g/mol. The van der Waals surface area contributed by atoms with Crippen LogP contribution in [-0.2, 0) is 32.6 Å². The van der Waals surface area contributed by atoms with Crippen molar-refractivity contribution in [1.82, 2.24) is 10.2 Å². The Hall–Kier alpha value is -4.48. The fraction of sp³-hybridized carbons (Fsp3) is 0.316. The van der Waals surface area contributed by atoms with Crippen molar-refractivity contribution in [2.75, 3.05) is 37.4 Å². The van der Waals surface area contributed by atoms with Crippen molar-refractivity contribution in [1.29, 1.82) is 0 Å². The van der Waals surface area contributed by atoms with Gasteiger partial charge in [-0.3, -0.25) is 13.9 Å². The molecule has 0 unspecified atom stereocenters. The smallest absolute Gasteiger partial charge is 0.264 e. The molecule has 4 rings (SSSR count). The van der Waals surface area contributed by atoms with Crippen LogP contribution in [0.2, 0.25) is 0 Å². The van der Waals surface area contributed by atoms with Crippen LogP contribution in [0.4, 0.5) is 5.69 Å². The Morgan fingerprint density at radius 2 is 1.57 bits per heavy atom. The molecule has 0 heterocycles. The van der Waals surface area contributed by atoms with Crippen molar-refractivity contribution >= 4 is 39.3 Å². The number of rotatable bonds is 18. The summed E-state index contributed by atoms with van der Waals surface area (Å²) in [6, 6.07) is 29.1. The van der Waals surface area contributed by atoms with E-state index in [2.05, 4.69) is 5.32 Å². The van der Waals surface area contributed by atoms with E-state index in [-0.39, 0.29) is 29.5 Å². The van der Waals surface area contributed by atoms with E-state index < -0.39 is 28.5 Å². The zero-order chi connectivity index (χ0) is 35.2. The number of carbonyl (C=O) groups excluding carboxylic acids is 2. The highest BCUT2D eigenvalue weighted by Gasteiger charge is 2.35. The first-order valence-corrected chi connectivity index (χ1v) is 19.0. The Morgan fingerprint density at radius 1 is 0.878 bits per heavy atom. The number of sulfonamides is 1. The molecule has 9 nitrogen and oxygen atoms in total. The fourth-order valence-electron chi connectivity index (χ4n) is 5.36. The minimum atomic E-state index is -4.28. The first-order valence-electron chi connectivity index (χ1n) is 16.3. The average Bonchev–Trinajstić information content (AvgIpc) is 3.13. The summed E-state index contributed by atoms with van der Waals surface area (Å²) in [6.07, 6.45) is 3.81. The number of hydrogen-bond acceptors (Lipinski definition) is 7. The van der Waals surface area contributed by atoms with Gasteiger partial charge in [0, 0.05) is 24.4 Å². The maximum Gasteiger partial charge on any atom is 0.264 e. The lowest BCUT2D eigenvalue weighted by molar-refractivity contribution is -0.140. The maximum absolute atomic E-state index is 14.8. The van der Waals surface area contributed by atoms with Gasteiger partial charge in [0.1, 0.15) is 24.1 Å². The van der Waals surface area contributed by atoms with Gasteiger partial charge in [-0.25, -0.2) is 8.42 Å². The molecule has 260 valence electrons. The third kappa shape index (κ3) is 10.0. The van der Waals surface area contributed by atoms with E-state index in [1.807, 2.05) is 62.6 Å². The lowest BCUT2D eigenvalue weighted by Gasteiger charge is -2.34. The molecule has 0 aliphatic heterocycles. The number of nitrogens with one attached hydrogen (secondary N) is 1. The van der Waals surface area contributed by atoms with Gasteiger partial charge in [0.05, 0.1) is 24.3 Å². The van der Waals surface area contributed by atoms with Crippen LogP contribution < -0.4 is 19.1 Å². The summed E-state index contributed by atoms with van der Waals surface area (Å²) < 4.78 is 41.3. The summed E-state index contributed by atoms with van der Waals surface area (Å²) >= 11 is 1.50. The lowest BCUT2D eigenvalue weighted by atomic mass is 10.0. The number of ether oxygens (including phenoxy) is 2. The molecule has 1 atom stereocenters. The van der Waals surface area contributed by atoms with E-state index in [1.165, 1.54) is 28.8 Å². The number of benzene rings is 4. The summed E-state index contributed by atoms with van der Waals surface area (Å²) in [5.74, 6) is 0.0513. The fourth-order valence-corrected chi connectivity index (χ4v) is 7.19. The molecule has 0 spiro atoms. The Balaban J connectivity index is 1.84. The quantitative estimate of drug-likeness (QED) is 0.0924. The van der Waals surface area contributed by atoms with Gasteiger partial charge in [-0.2, -0.15) is 0 Å². The van der Waals surface area contributed by atoms with Crippen LogP contribution in [0.25, 0.3) is 0 Å². The standard InChI is InChI=1S/C38H45N3O6S2/c1-5-7-24-39-38(43)35(26-29-14-9-8-10-15-29)40(27-30-16-13-17-31(25-30)46-3)37(42)28-41(34-18-11-12-19-36(34)47-6-2)49(44,45)33-22-20-32(48-4)21-23-33/h8-23,25,35H,5-7,24,26-28H2,1-4H3,(H,39,43)/t35-/m0/s1. The summed E-state index contributed by atoms with van der Waals surface area (Å²) in [4.78, 5) is 31.1. The molecular weight excluding hydrogens is 659 g/mol. The van der Waals surface area contributed by atoms with Crippen molar-refractivity contribution in [2.45, 2.75) is 55.5 Å². The second kappa shape index (κ2) is 18.3. The number of thioether (sulfide) groups is 1. The molecular formula is C38H45N3O6S2. The number of anilines is 1. The van der Waals surface area contributed by atoms with E-state index in [0.717, 1.165) is 33.2 Å². The third-order valence-electron chi connectivity index (χ3n) is 7.95. The van der Waals surface area contributed by atoms with Crippen LogP contribution >= 0.6 is 11.8 Å². The van der Waals surface area contributed by atoms with Gasteiger partial charge in [-0.05, 0) is 79.3 Å². The van der Waals surface area contributed by atoms with Gasteiger partial charge in [0.25, 0.3) is 10.0 Å². The van der Waals surface area contributed by atoms with E-state index >= 15 is 0 Å². The van der Waals surface area contributed by atoms with Crippen LogP contribution in [0.5, 0.6) is 11.5 Å². The van der Waals surface area contributed by atoms with E-state index in [1.54, 1.807) is 55.6 Å². The number of methoxy groups -OCH3 is 1. The lowest BCUT2D eigenvalue weighted by Crippen LogP contribution is -2.53. The molecule has 2 amide bonds. The normalized spacial score (nSPS) is 11.8. The Bertz CT molecular complexity index is 1770. The van der Waals surface area contributed by atoms with Crippen molar-refractivity contribution in [3.8, 4) is 11.5 Å². The van der Waals surface area contributed by atoms with Crippen molar-refractivity contribution in [2.24, 2.45) is 0 Å². The number of amides is 2. The van der Waals surface area contributed by atoms with Crippen LogP contribution in [0, 0.1) is 0 Å². The second-order valence-corrected chi connectivity index (χ2v) is 14.1. The molecule has 11 heteroatoms.